The number of hydrogen-bond donors (Lipinski definition) is 0. The summed E-state index contributed by atoms with van der Waals surface area (Å²) in [7, 11) is 4.65. The average molecular weight is 450 g/mol. The van der Waals surface area contributed by atoms with Crippen molar-refractivity contribution in [1.82, 2.24) is 19.6 Å². The molecule has 0 radical (unpaired) electrons. The number of carbonyl (C=O) groups excluding carboxylic acids is 2. The number of carbonyl (C=O) groups is 2. The van der Waals surface area contributed by atoms with Crippen LogP contribution >= 0.6 is 0 Å². The predicted octanol–water partition coefficient (Wildman–Crippen LogP) is 1.48. The van der Waals surface area contributed by atoms with Crippen LogP contribution in [-0.4, -0.2) is 71.8 Å². The number of rotatable bonds is 5. The van der Waals surface area contributed by atoms with Crippen LogP contribution in [0.3, 0.4) is 0 Å². The van der Waals surface area contributed by atoms with Crippen LogP contribution in [0.25, 0.3) is 10.8 Å². The monoisotopic (exact) mass is 450 g/mol. The van der Waals surface area contributed by atoms with Crippen LogP contribution in [0.2, 0.25) is 0 Å². The molecular weight excluding hydrogens is 424 g/mol. The molecule has 1 saturated heterocycles. The molecule has 1 fully saturated rings. The molecule has 2 heterocycles. The van der Waals surface area contributed by atoms with Crippen molar-refractivity contribution in [3.63, 3.8) is 0 Å². The first-order valence-corrected chi connectivity index (χ1v) is 10.7. The first kappa shape index (κ1) is 22.3. The van der Waals surface area contributed by atoms with Crippen LogP contribution in [-0.2, 0) is 18.3 Å². The zero-order chi connectivity index (χ0) is 23.5. The lowest BCUT2D eigenvalue weighted by Gasteiger charge is -2.35. The molecule has 0 atom stereocenters. The summed E-state index contributed by atoms with van der Waals surface area (Å²) in [4.78, 5) is 41.8. The van der Waals surface area contributed by atoms with Gasteiger partial charge in [0, 0.05) is 44.7 Å². The van der Waals surface area contributed by atoms with E-state index >= 15 is 0 Å². The Bertz CT molecular complexity index is 1260. The minimum absolute atomic E-state index is 0.0829. The van der Waals surface area contributed by atoms with Gasteiger partial charge >= 0.3 is 0 Å². The number of piperazine rings is 1. The summed E-state index contributed by atoms with van der Waals surface area (Å²) in [6.45, 7) is 1.68. The maximum absolute atomic E-state index is 13.0. The standard InChI is InChI=1S/C24H26N4O5/c1-26-23(30)18-7-5-4-6-17(18)20(25-26)15-22(29)27-10-12-28(13-11-27)24(31)19-9-8-16(32-2)14-21(19)33-3/h4-9,14H,10-13,15H2,1-3H3. The van der Waals surface area contributed by atoms with Gasteiger partial charge in [0.15, 0.2) is 0 Å². The van der Waals surface area contributed by atoms with Crippen molar-refractivity contribution < 1.29 is 19.1 Å². The van der Waals surface area contributed by atoms with Gasteiger partial charge in [-0.25, -0.2) is 4.68 Å². The highest BCUT2D eigenvalue weighted by molar-refractivity contribution is 5.97. The Labute approximate surface area is 191 Å². The van der Waals surface area contributed by atoms with Crippen molar-refractivity contribution in [2.45, 2.75) is 6.42 Å². The fourth-order valence-electron chi connectivity index (χ4n) is 4.07. The van der Waals surface area contributed by atoms with E-state index in [1.165, 1.54) is 11.8 Å². The maximum atomic E-state index is 13.0. The first-order chi connectivity index (χ1) is 15.9. The molecule has 9 heteroatoms. The summed E-state index contributed by atoms with van der Waals surface area (Å²) < 4.78 is 11.8. The lowest BCUT2D eigenvalue weighted by molar-refractivity contribution is -0.132. The van der Waals surface area contributed by atoms with Crippen molar-refractivity contribution in [1.29, 1.82) is 0 Å². The van der Waals surface area contributed by atoms with Crippen LogP contribution < -0.4 is 15.0 Å². The van der Waals surface area contributed by atoms with Gasteiger partial charge in [-0.3, -0.25) is 14.4 Å². The summed E-state index contributed by atoms with van der Waals surface area (Å²) in [5.41, 5.74) is 0.834. The van der Waals surface area contributed by atoms with Crippen molar-refractivity contribution in [2.24, 2.45) is 7.05 Å². The highest BCUT2D eigenvalue weighted by Gasteiger charge is 2.27. The Morgan fingerprint density at radius 1 is 0.939 bits per heavy atom. The fourth-order valence-corrected chi connectivity index (χ4v) is 4.07. The summed E-state index contributed by atoms with van der Waals surface area (Å²) in [6, 6.07) is 12.3. The zero-order valence-electron chi connectivity index (χ0n) is 18.9. The summed E-state index contributed by atoms with van der Waals surface area (Å²) in [5.74, 6) is 0.830. The Morgan fingerprint density at radius 2 is 1.61 bits per heavy atom. The van der Waals surface area contributed by atoms with Gasteiger partial charge in [-0.2, -0.15) is 5.10 Å². The van der Waals surface area contributed by atoms with Crippen LogP contribution in [0, 0.1) is 0 Å². The molecular formula is C24H26N4O5. The van der Waals surface area contributed by atoms with E-state index in [1.54, 1.807) is 54.3 Å². The Hall–Kier alpha value is -3.88. The van der Waals surface area contributed by atoms with Gasteiger partial charge in [-0.1, -0.05) is 18.2 Å². The van der Waals surface area contributed by atoms with Crippen LogP contribution in [0.1, 0.15) is 16.1 Å². The van der Waals surface area contributed by atoms with E-state index in [0.717, 1.165) is 0 Å². The highest BCUT2D eigenvalue weighted by Crippen LogP contribution is 2.26. The van der Waals surface area contributed by atoms with Crippen molar-refractivity contribution in [3.8, 4) is 11.5 Å². The van der Waals surface area contributed by atoms with Gasteiger partial charge in [0.05, 0.1) is 37.3 Å². The van der Waals surface area contributed by atoms with Crippen LogP contribution in [0.4, 0.5) is 0 Å². The molecule has 1 aliphatic heterocycles. The van der Waals surface area contributed by atoms with Gasteiger partial charge in [0.2, 0.25) is 5.91 Å². The molecule has 2 amide bonds. The third kappa shape index (κ3) is 4.39. The summed E-state index contributed by atoms with van der Waals surface area (Å²) in [5, 5.41) is 5.55. The smallest absolute Gasteiger partial charge is 0.274 e. The van der Waals surface area contributed by atoms with Crippen LogP contribution in [0.15, 0.2) is 47.3 Å². The van der Waals surface area contributed by atoms with E-state index in [0.29, 0.717) is 59.7 Å². The number of benzene rings is 2. The number of hydrogen-bond acceptors (Lipinski definition) is 6. The second kappa shape index (κ2) is 9.32. The van der Waals surface area contributed by atoms with E-state index in [2.05, 4.69) is 5.10 Å². The normalized spacial score (nSPS) is 13.8. The van der Waals surface area contributed by atoms with Crippen molar-refractivity contribution in [2.75, 3.05) is 40.4 Å². The van der Waals surface area contributed by atoms with E-state index in [4.69, 9.17) is 9.47 Å². The van der Waals surface area contributed by atoms with Gasteiger partial charge in [-0.05, 0) is 18.2 Å². The van der Waals surface area contributed by atoms with Gasteiger partial charge in [-0.15, -0.1) is 0 Å². The lowest BCUT2D eigenvalue weighted by atomic mass is 10.1. The third-order valence-electron chi connectivity index (χ3n) is 5.91. The number of methoxy groups -OCH3 is 2. The van der Waals surface area contributed by atoms with Crippen LogP contribution in [0.5, 0.6) is 11.5 Å². The molecule has 0 bridgehead atoms. The number of aromatic nitrogens is 2. The average Bonchev–Trinajstić information content (AvgIpc) is 2.86. The molecule has 3 aromatic rings. The molecule has 4 rings (SSSR count). The molecule has 33 heavy (non-hydrogen) atoms. The number of ether oxygens (including phenoxy) is 2. The zero-order valence-corrected chi connectivity index (χ0v) is 18.9. The molecule has 0 saturated carbocycles. The molecule has 0 aliphatic carbocycles. The third-order valence-corrected chi connectivity index (χ3v) is 5.91. The highest BCUT2D eigenvalue weighted by atomic mass is 16.5. The summed E-state index contributed by atoms with van der Waals surface area (Å²) in [6.07, 6.45) is 0.0921. The van der Waals surface area contributed by atoms with E-state index < -0.39 is 0 Å². The number of nitrogens with zero attached hydrogens (tertiary/aromatic N) is 4. The molecule has 2 aromatic carbocycles. The first-order valence-electron chi connectivity index (χ1n) is 10.7. The van der Waals surface area contributed by atoms with Gasteiger partial charge in [0.1, 0.15) is 11.5 Å². The molecule has 1 aromatic heterocycles. The number of aryl methyl sites for hydroxylation is 1. The molecule has 1 aliphatic rings. The topological polar surface area (TPSA) is 94.0 Å². The Kier molecular flexibility index (Phi) is 6.30. The molecule has 172 valence electrons. The van der Waals surface area contributed by atoms with Crippen molar-refractivity contribution in [3.05, 3.63) is 64.1 Å². The van der Waals surface area contributed by atoms with E-state index in [-0.39, 0.29) is 23.8 Å². The molecule has 0 unspecified atom stereocenters. The van der Waals surface area contributed by atoms with Gasteiger partial charge < -0.3 is 19.3 Å². The minimum Gasteiger partial charge on any atom is -0.497 e. The lowest BCUT2D eigenvalue weighted by Crippen LogP contribution is -2.51. The van der Waals surface area contributed by atoms with E-state index in [1.807, 2.05) is 12.1 Å². The predicted molar refractivity (Wildman–Crippen MR) is 123 cm³/mol. The van der Waals surface area contributed by atoms with Gasteiger partial charge in [0.25, 0.3) is 11.5 Å². The Balaban J connectivity index is 1.44. The molecule has 9 nitrogen and oxygen atoms in total. The van der Waals surface area contributed by atoms with Crippen molar-refractivity contribution >= 4 is 22.6 Å². The quantitative estimate of drug-likeness (QED) is 0.585. The second-order valence-corrected chi connectivity index (χ2v) is 7.84. The largest absolute Gasteiger partial charge is 0.497 e. The van der Waals surface area contributed by atoms with E-state index in [9.17, 15) is 14.4 Å². The number of fused-ring (bicyclic) bond motifs is 1. The molecule has 0 spiro atoms. The maximum Gasteiger partial charge on any atom is 0.274 e. The molecule has 0 N–H and O–H groups in total. The second-order valence-electron chi connectivity index (χ2n) is 7.84. The fraction of sp³-hybridized carbons (Fsp3) is 0.333. The minimum atomic E-state index is -0.192. The number of amides is 2. The Morgan fingerprint density at radius 3 is 2.27 bits per heavy atom. The SMILES string of the molecule is COc1ccc(C(=O)N2CCN(C(=O)Cc3nn(C)c(=O)c4ccccc34)CC2)c(OC)c1. The summed E-state index contributed by atoms with van der Waals surface area (Å²) >= 11 is 0.